The standard InChI is InChI=1S/C13H16O6.C11H14O5.C4H7BrO2.C4H8O/c1-8(2)12(16)17-7-11(15)19-13-5-3-4-9(13)18-10(14)6-13;1-7(2)11(14)15-6-10(13)16-9-5-3-4-8(9)12;1-2-7-4(6)3-5;1-2-4-5-3-1/h9H,1,3-7H2,2H3;9H,1,3-6H2,2H3;2-3H2,1H3;1-4H2. The maximum absolute atomic E-state index is 11.7. The van der Waals surface area contributed by atoms with Crippen molar-refractivity contribution in [3.05, 3.63) is 24.3 Å². The summed E-state index contributed by atoms with van der Waals surface area (Å²) < 4.78 is 34.1. The van der Waals surface area contributed by atoms with Gasteiger partial charge in [0.2, 0.25) is 0 Å². The van der Waals surface area contributed by atoms with Gasteiger partial charge in [-0.3, -0.25) is 14.4 Å². The van der Waals surface area contributed by atoms with E-state index >= 15 is 0 Å². The summed E-state index contributed by atoms with van der Waals surface area (Å²) in [6.07, 6.45) is 5.50. The van der Waals surface area contributed by atoms with Crippen molar-refractivity contribution in [1.29, 1.82) is 0 Å². The number of esters is 6. The van der Waals surface area contributed by atoms with Crippen molar-refractivity contribution >= 4 is 57.5 Å². The molecule has 47 heavy (non-hydrogen) atoms. The summed E-state index contributed by atoms with van der Waals surface area (Å²) in [6.45, 7) is 13.0. The second-order valence-electron chi connectivity index (χ2n) is 10.9. The van der Waals surface area contributed by atoms with Crippen molar-refractivity contribution in [3.8, 4) is 0 Å². The summed E-state index contributed by atoms with van der Waals surface area (Å²) in [4.78, 5) is 77.6. The summed E-state index contributed by atoms with van der Waals surface area (Å²) >= 11 is 2.94. The zero-order chi connectivity index (χ0) is 35.4. The van der Waals surface area contributed by atoms with Crippen LogP contribution in [0.2, 0.25) is 0 Å². The average molecular weight is 734 g/mol. The minimum Gasteiger partial charge on any atom is -0.465 e. The molecule has 264 valence electrons. The Morgan fingerprint density at radius 1 is 0.851 bits per heavy atom. The molecule has 0 amide bonds. The zero-order valence-electron chi connectivity index (χ0n) is 27.3. The average Bonchev–Trinajstić information content (AvgIpc) is 3.83. The second-order valence-corrected chi connectivity index (χ2v) is 11.5. The number of alkyl halides is 1. The van der Waals surface area contributed by atoms with Crippen LogP contribution in [-0.4, -0.2) is 97.8 Å². The maximum atomic E-state index is 11.7. The van der Waals surface area contributed by atoms with Crippen LogP contribution in [0.4, 0.5) is 0 Å². The highest BCUT2D eigenvalue weighted by molar-refractivity contribution is 9.09. The van der Waals surface area contributed by atoms with Gasteiger partial charge >= 0.3 is 35.8 Å². The number of Topliss-reactive ketones (excluding diaryl/α,β-unsaturated/α-hetero) is 1. The Morgan fingerprint density at radius 2 is 1.45 bits per heavy atom. The summed E-state index contributed by atoms with van der Waals surface area (Å²) in [5.74, 6) is -3.28. The van der Waals surface area contributed by atoms with Crippen molar-refractivity contribution in [3.63, 3.8) is 0 Å². The molecule has 0 aromatic heterocycles. The summed E-state index contributed by atoms with van der Waals surface area (Å²) in [5, 5.41) is 0.292. The van der Waals surface area contributed by atoms with E-state index in [1.54, 1.807) is 6.92 Å². The third-order valence-corrected chi connectivity index (χ3v) is 7.25. The van der Waals surface area contributed by atoms with Gasteiger partial charge in [0.05, 0.1) is 13.0 Å². The van der Waals surface area contributed by atoms with E-state index in [-0.39, 0.29) is 41.4 Å². The van der Waals surface area contributed by atoms with Gasteiger partial charge in [-0.15, -0.1) is 0 Å². The minimum atomic E-state index is -0.857. The van der Waals surface area contributed by atoms with Gasteiger partial charge in [0.25, 0.3) is 0 Å². The molecular formula is C32H45BrO14. The molecule has 3 unspecified atom stereocenters. The first-order chi connectivity index (χ1) is 22.2. The molecule has 2 saturated carbocycles. The molecule has 3 atom stereocenters. The van der Waals surface area contributed by atoms with Crippen LogP contribution < -0.4 is 0 Å². The molecule has 0 radical (unpaired) electrons. The summed E-state index contributed by atoms with van der Waals surface area (Å²) in [6, 6.07) is 0. The molecule has 14 nitrogen and oxygen atoms in total. The number of ether oxygens (including phenoxy) is 7. The predicted octanol–water partition coefficient (Wildman–Crippen LogP) is 3.40. The molecule has 0 aromatic rings. The van der Waals surface area contributed by atoms with E-state index in [9.17, 15) is 33.6 Å². The number of hydrogen-bond donors (Lipinski definition) is 0. The Kier molecular flexibility index (Phi) is 19.5. The van der Waals surface area contributed by atoms with Gasteiger partial charge in [0.15, 0.2) is 30.7 Å². The van der Waals surface area contributed by atoms with Gasteiger partial charge in [-0.1, -0.05) is 29.1 Å². The fourth-order valence-electron chi connectivity index (χ4n) is 4.54. The lowest BCUT2D eigenvalue weighted by Gasteiger charge is -2.26. The first-order valence-electron chi connectivity index (χ1n) is 15.3. The van der Waals surface area contributed by atoms with Crippen molar-refractivity contribution in [2.75, 3.05) is 38.4 Å². The summed E-state index contributed by atoms with van der Waals surface area (Å²) in [5.41, 5.74) is -0.433. The van der Waals surface area contributed by atoms with Crippen LogP contribution in [0.3, 0.4) is 0 Å². The number of ketones is 1. The molecule has 2 saturated heterocycles. The van der Waals surface area contributed by atoms with E-state index in [2.05, 4.69) is 38.6 Å². The van der Waals surface area contributed by atoms with Gasteiger partial charge in [-0.25, -0.2) is 19.2 Å². The normalized spacial score (nSPS) is 21.9. The monoisotopic (exact) mass is 732 g/mol. The van der Waals surface area contributed by atoms with Crippen LogP contribution in [0.5, 0.6) is 0 Å². The van der Waals surface area contributed by atoms with Crippen LogP contribution in [-0.2, 0) is 66.7 Å². The van der Waals surface area contributed by atoms with E-state index < -0.39 is 48.8 Å². The molecule has 15 heteroatoms. The van der Waals surface area contributed by atoms with E-state index in [4.69, 9.17) is 23.7 Å². The maximum Gasteiger partial charge on any atom is 0.345 e. The quantitative estimate of drug-likeness (QED) is 0.138. The smallest absolute Gasteiger partial charge is 0.345 e. The SMILES string of the molecule is C1CCOC1.C=C(C)C(=O)OCC(=O)OC12CCCC1OC(=O)C2.C=C(C)C(=O)OCC(=O)OC1CCCC1=O.CCOC(=O)CBr. The zero-order valence-corrected chi connectivity index (χ0v) is 28.9. The van der Waals surface area contributed by atoms with Gasteiger partial charge in [0, 0.05) is 30.8 Å². The van der Waals surface area contributed by atoms with Gasteiger partial charge in [-0.05, 0) is 65.7 Å². The summed E-state index contributed by atoms with van der Waals surface area (Å²) in [7, 11) is 0. The van der Waals surface area contributed by atoms with Crippen LogP contribution in [0.1, 0.15) is 78.6 Å². The molecule has 4 aliphatic rings. The Morgan fingerprint density at radius 3 is 1.89 bits per heavy atom. The fraction of sp³-hybridized carbons (Fsp3) is 0.656. The number of rotatable bonds is 10. The fourth-order valence-corrected chi connectivity index (χ4v) is 4.70. The van der Waals surface area contributed by atoms with Crippen LogP contribution in [0.25, 0.3) is 0 Å². The Balaban J connectivity index is 0.000000352. The van der Waals surface area contributed by atoms with Gasteiger partial charge in [0.1, 0.15) is 11.4 Å². The third-order valence-electron chi connectivity index (χ3n) is 6.79. The van der Waals surface area contributed by atoms with Crippen molar-refractivity contribution in [1.82, 2.24) is 0 Å². The number of fused-ring (bicyclic) bond motifs is 1. The van der Waals surface area contributed by atoms with Crippen LogP contribution in [0, 0.1) is 0 Å². The molecular weight excluding hydrogens is 688 g/mol. The molecule has 0 aromatic carbocycles. The highest BCUT2D eigenvalue weighted by Gasteiger charge is 2.55. The molecule has 0 spiro atoms. The molecule has 4 fully saturated rings. The van der Waals surface area contributed by atoms with E-state index in [1.807, 2.05) is 0 Å². The van der Waals surface area contributed by atoms with Crippen molar-refractivity contribution in [2.45, 2.75) is 96.4 Å². The lowest BCUT2D eigenvalue weighted by Crippen LogP contribution is -2.39. The van der Waals surface area contributed by atoms with Gasteiger partial charge in [-0.2, -0.15) is 0 Å². The Bertz CT molecular complexity index is 1140. The van der Waals surface area contributed by atoms with E-state index in [0.29, 0.717) is 37.6 Å². The Hall–Kier alpha value is -3.59. The molecule has 4 rings (SSSR count). The van der Waals surface area contributed by atoms with Gasteiger partial charge < -0.3 is 33.2 Å². The second kappa shape index (κ2) is 22.1. The molecule has 2 aliphatic heterocycles. The third kappa shape index (κ3) is 16.2. The number of halogens is 1. The number of carbonyl (C=O) groups excluding carboxylic acids is 7. The lowest BCUT2D eigenvalue weighted by molar-refractivity contribution is -0.171. The topological polar surface area (TPSA) is 184 Å². The molecule has 2 heterocycles. The van der Waals surface area contributed by atoms with Crippen LogP contribution in [0.15, 0.2) is 24.3 Å². The highest BCUT2D eigenvalue weighted by atomic mass is 79.9. The first-order valence-corrected chi connectivity index (χ1v) is 16.4. The van der Waals surface area contributed by atoms with Crippen molar-refractivity contribution < 1.29 is 66.7 Å². The number of carbonyl (C=O) groups is 7. The highest BCUT2D eigenvalue weighted by Crippen LogP contribution is 2.43. The van der Waals surface area contributed by atoms with E-state index in [0.717, 1.165) is 26.1 Å². The largest absolute Gasteiger partial charge is 0.465 e. The van der Waals surface area contributed by atoms with Crippen molar-refractivity contribution in [2.24, 2.45) is 0 Å². The minimum absolute atomic E-state index is 0.0698. The molecule has 0 N–H and O–H groups in total. The molecule has 2 aliphatic carbocycles. The molecule has 0 bridgehead atoms. The lowest BCUT2D eigenvalue weighted by atomic mass is 9.98. The predicted molar refractivity (Wildman–Crippen MR) is 168 cm³/mol. The first kappa shape index (κ1) is 41.4. The Labute approximate surface area is 282 Å². The van der Waals surface area contributed by atoms with E-state index in [1.165, 1.54) is 26.7 Å². The number of hydrogen-bond acceptors (Lipinski definition) is 14. The van der Waals surface area contributed by atoms with Crippen LogP contribution >= 0.6 is 15.9 Å².